The summed E-state index contributed by atoms with van der Waals surface area (Å²) < 4.78 is 1.64. The zero-order chi connectivity index (χ0) is 13.0. The Bertz CT molecular complexity index is 402. The molecular weight excluding hydrogens is 236 g/mol. The van der Waals surface area contributed by atoms with E-state index in [1.54, 1.807) is 16.4 Å². The third kappa shape index (κ3) is 3.66. The zero-order valence-corrected chi connectivity index (χ0v) is 11.6. The minimum atomic E-state index is -0.0304. The Kier molecular flexibility index (Phi) is 4.86. The van der Waals surface area contributed by atoms with Gasteiger partial charge in [0.2, 0.25) is 5.91 Å². The second-order valence-corrected chi connectivity index (χ2v) is 5.08. The van der Waals surface area contributed by atoms with Crippen molar-refractivity contribution in [3.8, 4) is 0 Å². The lowest BCUT2D eigenvalue weighted by Gasteiger charge is -2.12. The minimum Gasteiger partial charge on any atom is -0.396 e. The third-order valence-electron chi connectivity index (χ3n) is 2.55. The molecule has 0 saturated heterocycles. The molecule has 0 aliphatic heterocycles. The molecule has 1 atom stereocenters. The quantitative estimate of drug-likeness (QED) is 0.822. The normalized spacial score (nSPS) is 12.5. The highest BCUT2D eigenvalue weighted by molar-refractivity contribution is 7.98. The Morgan fingerprint density at radius 1 is 1.59 bits per heavy atom. The van der Waals surface area contributed by atoms with Crippen molar-refractivity contribution < 1.29 is 4.79 Å². The van der Waals surface area contributed by atoms with Crippen LogP contribution in [0.3, 0.4) is 0 Å². The number of hydrogen-bond acceptors (Lipinski definition) is 4. The van der Waals surface area contributed by atoms with Gasteiger partial charge in [0, 0.05) is 11.8 Å². The summed E-state index contributed by atoms with van der Waals surface area (Å²) in [5.41, 5.74) is 8.08. The van der Waals surface area contributed by atoms with E-state index >= 15 is 0 Å². The number of anilines is 1. The second-order valence-electron chi connectivity index (χ2n) is 4.17. The van der Waals surface area contributed by atoms with Crippen LogP contribution in [0.25, 0.3) is 0 Å². The van der Waals surface area contributed by atoms with E-state index < -0.39 is 0 Å². The van der Waals surface area contributed by atoms with E-state index in [4.69, 9.17) is 5.73 Å². The SMILES string of the molecule is CSCC(C)NC(=O)Cn1nc(C)c(N)c1C. The first-order chi connectivity index (χ1) is 7.95. The van der Waals surface area contributed by atoms with Crippen LogP contribution in [0.2, 0.25) is 0 Å². The number of nitrogens with zero attached hydrogens (tertiary/aromatic N) is 2. The fourth-order valence-electron chi connectivity index (χ4n) is 1.61. The molecule has 17 heavy (non-hydrogen) atoms. The summed E-state index contributed by atoms with van der Waals surface area (Å²) >= 11 is 1.71. The Labute approximate surface area is 106 Å². The van der Waals surface area contributed by atoms with Crippen LogP contribution in [0, 0.1) is 13.8 Å². The Balaban J connectivity index is 2.59. The van der Waals surface area contributed by atoms with Gasteiger partial charge in [-0.05, 0) is 27.0 Å². The lowest BCUT2D eigenvalue weighted by atomic mass is 10.3. The maximum absolute atomic E-state index is 11.7. The molecule has 0 aliphatic rings. The van der Waals surface area contributed by atoms with E-state index in [2.05, 4.69) is 10.4 Å². The predicted octanol–water partition coefficient (Wildman–Crippen LogP) is 0.950. The number of aromatic nitrogens is 2. The maximum atomic E-state index is 11.7. The van der Waals surface area contributed by atoms with E-state index in [1.165, 1.54) is 0 Å². The molecule has 0 radical (unpaired) electrons. The molecule has 6 heteroatoms. The third-order valence-corrected chi connectivity index (χ3v) is 3.39. The van der Waals surface area contributed by atoms with Crippen molar-refractivity contribution in [2.24, 2.45) is 0 Å². The standard InChI is InChI=1S/C11H20N4OS/c1-7(6-17-4)13-10(16)5-15-9(3)11(12)8(2)14-15/h7H,5-6,12H2,1-4H3,(H,13,16). The van der Waals surface area contributed by atoms with Gasteiger partial charge in [-0.25, -0.2) is 0 Å². The number of hydrogen-bond donors (Lipinski definition) is 2. The van der Waals surface area contributed by atoms with Crippen molar-refractivity contribution in [3.63, 3.8) is 0 Å². The van der Waals surface area contributed by atoms with Crippen molar-refractivity contribution in [2.45, 2.75) is 33.4 Å². The molecule has 0 bridgehead atoms. The Morgan fingerprint density at radius 3 is 2.71 bits per heavy atom. The summed E-state index contributed by atoms with van der Waals surface area (Å²) in [7, 11) is 0. The zero-order valence-electron chi connectivity index (χ0n) is 10.8. The van der Waals surface area contributed by atoms with Gasteiger partial charge in [-0.15, -0.1) is 0 Å². The van der Waals surface area contributed by atoms with E-state index in [0.29, 0.717) is 5.69 Å². The van der Waals surface area contributed by atoms with Crippen molar-refractivity contribution in [3.05, 3.63) is 11.4 Å². The van der Waals surface area contributed by atoms with Gasteiger partial charge in [-0.1, -0.05) is 0 Å². The predicted molar refractivity (Wildman–Crippen MR) is 72.1 cm³/mol. The first-order valence-electron chi connectivity index (χ1n) is 5.53. The molecule has 1 aromatic rings. The molecule has 1 amide bonds. The van der Waals surface area contributed by atoms with Crippen LogP contribution in [0.15, 0.2) is 0 Å². The summed E-state index contributed by atoms with van der Waals surface area (Å²) in [4.78, 5) is 11.7. The number of carbonyl (C=O) groups is 1. The number of aryl methyl sites for hydroxylation is 1. The molecule has 1 aromatic heterocycles. The number of nitrogens with one attached hydrogen (secondary N) is 1. The number of amides is 1. The molecule has 0 saturated carbocycles. The second kappa shape index (κ2) is 5.95. The van der Waals surface area contributed by atoms with Gasteiger partial charge in [0.25, 0.3) is 0 Å². The molecule has 1 heterocycles. The smallest absolute Gasteiger partial charge is 0.241 e. The van der Waals surface area contributed by atoms with E-state index in [9.17, 15) is 4.79 Å². The van der Waals surface area contributed by atoms with E-state index in [0.717, 1.165) is 17.1 Å². The summed E-state index contributed by atoms with van der Waals surface area (Å²) in [5.74, 6) is 0.877. The topological polar surface area (TPSA) is 72.9 Å². The summed E-state index contributed by atoms with van der Waals surface area (Å²) in [6.07, 6.45) is 2.02. The average molecular weight is 256 g/mol. The van der Waals surface area contributed by atoms with Crippen LogP contribution in [0.4, 0.5) is 5.69 Å². The fourth-order valence-corrected chi connectivity index (χ4v) is 2.20. The van der Waals surface area contributed by atoms with Crippen molar-refractivity contribution in [1.82, 2.24) is 15.1 Å². The molecule has 5 nitrogen and oxygen atoms in total. The van der Waals surface area contributed by atoms with Gasteiger partial charge < -0.3 is 11.1 Å². The highest BCUT2D eigenvalue weighted by Crippen LogP contribution is 2.14. The number of thioether (sulfide) groups is 1. The molecule has 1 unspecified atom stereocenters. The van der Waals surface area contributed by atoms with Crippen LogP contribution in [0.1, 0.15) is 18.3 Å². The fraction of sp³-hybridized carbons (Fsp3) is 0.636. The number of nitrogens with two attached hydrogens (primary N) is 1. The Morgan fingerprint density at radius 2 is 2.24 bits per heavy atom. The largest absolute Gasteiger partial charge is 0.396 e. The van der Waals surface area contributed by atoms with E-state index in [-0.39, 0.29) is 18.5 Å². The minimum absolute atomic E-state index is 0.0304. The Hall–Kier alpha value is -1.17. The van der Waals surface area contributed by atoms with Gasteiger partial charge in [0.15, 0.2) is 0 Å². The summed E-state index contributed by atoms with van der Waals surface area (Å²) in [6.45, 7) is 5.92. The first kappa shape index (κ1) is 13.9. The van der Waals surface area contributed by atoms with Crippen molar-refractivity contribution in [1.29, 1.82) is 0 Å². The molecule has 1 rings (SSSR count). The van der Waals surface area contributed by atoms with Crippen LogP contribution in [-0.2, 0) is 11.3 Å². The number of carbonyl (C=O) groups excluding carboxylic acids is 1. The van der Waals surface area contributed by atoms with Crippen LogP contribution < -0.4 is 11.1 Å². The van der Waals surface area contributed by atoms with Crippen LogP contribution >= 0.6 is 11.8 Å². The average Bonchev–Trinajstić information content (AvgIpc) is 2.46. The highest BCUT2D eigenvalue weighted by atomic mass is 32.2. The number of rotatable bonds is 5. The molecular formula is C11H20N4OS. The molecule has 0 aromatic carbocycles. The monoisotopic (exact) mass is 256 g/mol. The maximum Gasteiger partial charge on any atom is 0.241 e. The van der Waals surface area contributed by atoms with Gasteiger partial charge in [-0.2, -0.15) is 16.9 Å². The van der Waals surface area contributed by atoms with Gasteiger partial charge in [-0.3, -0.25) is 9.48 Å². The van der Waals surface area contributed by atoms with Crippen molar-refractivity contribution in [2.75, 3.05) is 17.7 Å². The van der Waals surface area contributed by atoms with Gasteiger partial charge in [0.05, 0.1) is 17.1 Å². The van der Waals surface area contributed by atoms with Crippen molar-refractivity contribution >= 4 is 23.4 Å². The molecule has 0 fully saturated rings. The lowest BCUT2D eigenvalue weighted by Crippen LogP contribution is -2.36. The van der Waals surface area contributed by atoms with E-state index in [1.807, 2.05) is 27.0 Å². The summed E-state index contributed by atoms with van der Waals surface area (Å²) in [5, 5.41) is 7.15. The van der Waals surface area contributed by atoms with Gasteiger partial charge >= 0.3 is 0 Å². The van der Waals surface area contributed by atoms with Gasteiger partial charge in [0.1, 0.15) is 6.54 Å². The molecule has 0 spiro atoms. The molecule has 3 N–H and O–H groups in total. The lowest BCUT2D eigenvalue weighted by molar-refractivity contribution is -0.122. The summed E-state index contributed by atoms with van der Waals surface area (Å²) in [6, 6.07) is 0.173. The van der Waals surface area contributed by atoms with Crippen LogP contribution in [0.5, 0.6) is 0 Å². The number of nitrogen functional groups attached to an aromatic ring is 1. The van der Waals surface area contributed by atoms with Crippen LogP contribution in [-0.4, -0.2) is 33.7 Å². The molecule has 96 valence electrons. The molecule has 0 aliphatic carbocycles. The first-order valence-corrected chi connectivity index (χ1v) is 6.92. The highest BCUT2D eigenvalue weighted by Gasteiger charge is 2.12.